The van der Waals surface area contributed by atoms with Crippen molar-refractivity contribution in [3.8, 4) is 0 Å². The van der Waals surface area contributed by atoms with Gasteiger partial charge in [0.2, 0.25) is 0 Å². The van der Waals surface area contributed by atoms with Crippen LogP contribution in [-0.4, -0.2) is 50.1 Å². The number of aliphatic imine (C=N–C) groups is 1. The number of hydrogen-bond acceptors (Lipinski definition) is 2. The highest BCUT2D eigenvalue weighted by atomic mass is 15.2. The summed E-state index contributed by atoms with van der Waals surface area (Å²) >= 11 is 0. The summed E-state index contributed by atoms with van der Waals surface area (Å²) in [6, 6.07) is 0. The summed E-state index contributed by atoms with van der Waals surface area (Å²) in [7, 11) is 0. The molecule has 2 aliphatic rings. The third kappa shape index (κ3) is 6.70. The molecule has 2 fully saturated rings. The minimum Gasteiger partial charge on any atom is -0.357 e. The average molecular weight is 323 g/mol. The van der Waals surface area contributed by atoms with Crippen LogP contribution in [-0.2, 0) is 0 Å². The van der Waals surface area contributed by atoms with E-state index in [4.69, 9.17) is 4.99 Å². The van der Waals surface area contributed by atoms with Crippen LogP contribution in [0.2, 0.25) is 0 Å². The van der Waals surface area contributed by atoms with Gasteiger partial charge in [-0.15, -0.1) is 0 Å². The van der Waals surface area contributed by atoms with Gasteiger partial charge in [-0.2, -0.15) is 0 Å². The number of likely N-dealkylation sites (tertiary alicyclic amines) is 1. The predicted octanol–water partition coefficient (Wildman–Crippen LogP) is 3.10. The molecule has 2 N–H and O–H groups in total. The molecule has 3 unspecified atom stereocenters. The molecule has 1 aliphatic carbocycles. The lowest BCUT2D eigenvalue weighted by atomic mass is 9.81. The first kappa shape index (κ1) is 18.6. The highest BCUT2D eigenvalue weighted by molar-refractivity contribution is 5.79. The Labute approximate surface area is 143 Å². The molecule has 0 aromatic rings. The number of nitrogens with zero attached hydrogens (tertiary/aromatic N) is 2. The van der Waals surface area contributed by atoms with E-state index >= 15 is 0 Å². The maximum atomic E-state index is 4.83. The zero-order valence-corrected chi connectivity index (χ0v) is 15.6. The van der Waals surface area contributed by atoms with Crippen LogP contribution >= 0.6 is 0 Å². The molecule has 1 saturated carbocycles. The van der Waals surface area contributed by atoms with Gasteiger partial charge in [0.15, 0.2) is 5.96 Å². The smallest absolute Gasteiger partial charge is 0.191 e. The van der Waals surface area contributed by atoms with Crippen LogP contribution in [0.15, 0.2) is 4.99 Å². The van der Waals surface area contributed by atoms with Gasteiger partial charge in [-0.25, -0.2) is 0 Å². The quantitative estimate of drug-likeness (QED) is 0.559. The van der Waals surface area contributed by atoms with Crippen LogP contribution in [0, 0.1) is 17.8 Å². The lowest BCUT2D eigenvalue weighted by Gasteiger charge is -2.26. The summed E-state index contributed by atoms with van der Waals surface area (Å²) in [6.07, 6.45) is 8.30. The maximum absolute atomic E-state index is 4.83. The van der Waals surface area contributed by atoms with Crippen molar-refractivity contribution in [2.24, 2.45) is 22.7 Å². The molecular formula is C19H38N4. The fourth-order valence-corrected chi connectivity index (χ4v) is 4.13. The Morgan fingerprint density at radius 2 is 2.00 bits per heavy atom. The Morgan fingerprint density at radius 1 is 1.13 bits per heavy atom. The van der Waals surface area contributed by atoms with E-state index in [0.29, 0.717) is 0 Å². The van der Waals surface area contributed by atoms with Gasteiger partial charge >= 0.3 is 0 Å². The molecule has 23 heavy (non-hydrogen) atoms. The molecular weight excluding hydrogens is 284 g/mol. The first-order valence-electron chi connectivity index (χ1n) is 9.95. The van der Waals surface area contributed by atoms with Crippen LogP contribution in [0.5, 0.6) is 0 Å². The Hall–Kier alpha value is -0.770. The molecule has 1 saturated heterocycles. The van der Waals surface area contributed by atoms with Crippen molar-refractivity contribution in [3.05, 3.63) is 0 Å². The minimum atomic E-state index is 0.740. The maximum Gasteiger partial charge on any atom is 0.191 e. The van der Waals surface area contributed by atoms with E-state index in [1.165, 1.54) is 58.2 Å². The monoisotopic (exact) mass is 322 g/mol. The topological polar surface area (TPSA) is 39.7 Å². The summed E-state index contributed by atoms with van der Waals surface area (Å²) in [5, 5.41) is 6.96. The van der Waals surface area contributed by atoms with Crippen LogP contribution in [0.3, 0.4) is 0 Å². The second kappa shape index (κ2) is 10.2. The van der Waals surface area contributed by atoms with Crippen LogP contribution in [0.25, 0.3) is 0 Å². The average Bonchev–Trinajstić information content (AvgIpc) is 3.01. The van der Waals surface area contributed by atoms with E-state index in [1.807, 2.05) is 0 Å². The zero-order valence-electron chi connectivity index (χ0n) is 15.6. The standard InChI is InChI=1S/C19H38N4/c1-4-20-19(22-14-18-10-12-23(5-2)15-18)21-11-9-17-8-6-7-16(3)13-17/h16-18H,4-15H2,1-3H3,(H2,20,21,22). The summed E-state index contributed by atoms with van der Waals surface area (Å²) in [5.74, 6) is 3.61. The normalized spacial score (nSPS) is 29.7. The van der Waals surface area contributed by atoms with E-state index in [0.717, 1.165) is 43.3 Å². The highest BCUT2D eigenvalue weighted by Crippen LogP contribution is 2.30. The van der Waals surface area contributed by atoms with E-state index in [9.17, 15) is 0 Å². The van der Waals surface area contributed by atoms with Gasteiger partial charge < -0.3 is 15.5 Å². The van der Waals surface area contributed by atoms with E-state index < -0.39 is 0 Å². The van der Waals surface area contributed by atoms with E-state index in [-0.39, 0.29) is 0 Å². The zero-order chi connectivity index (χ0) is 16.5. The van der Waals surface area contributed by atoms with Gasteiger partial charge in [0.25, 0.3) is 0 Å². The van der Waals surface area contributed by atoms with Gasteiger partial charge in [0.05, 0.1) is 0 Å². The van der Waals surface area contributed by atoms with Gasteiger partial charge in [0.1, 0.15) is 0 Å². The van der Waals surface area contributed by atoms with Crippen LogP contribution < -0.4 is 10.6 Å². The molecule has 0 spiro atoms. The minimum absolute atomic E-state index is 0.740. The molecule has 0 radical (unpaired) electrons. The van der Waals surface area contributed by atoms with Crippen molar-refractivity contribution in [1.82, 2.24) is 15.5 Å². The molecule has 1 aliphatic heterocycles. The molecule has 0 aromatic heterocycles. The van der Waals surface area contributed by atoms with E-state index in [1.54, 1.807) is 0 Å². The first-order chi connectivity index (χ1) is 11.2. The highest BCUT2D eigenvalue weighted by Gasteiger charge is 2.21. The van der Waals surface area contributed by atoms with Gasteiger partial charge in [-0.1, -0.05) is 33.1 Å². The summed E-state index contributed by atoms with van der Waals surface area (Å²) < 4.78 is 0. The number of rotatable bonds is 7. The van der Waals surface area contributed by atoms with Crippen molar-refractivity contribution >= 4 is 5.96 Å². The SMILES string of the molecule is CCNC(=NCC1CCN(CC)C1)NCCC1CCCC(C)C1. The number of nitrogens with one attached hydrogen (secondary N) is 2. The fraction of sp³-hybridized carbons (Fsp3) is 0.947. The Kier molecular flexibility index (Phi) is 8.21. The molecule has 0 bridgehead atoms. The third-order valence-electron chi connectivity index (χ3n) is 5.56. The molecule has 2 rings (SSSR count). The summed E-state index contributed by atoms with van der Waals surface area (Å²) in [4.78, 5) is 7.36. The Balaban J connectivity index is 1.69. The van der Waals surface area contributed by atoms with Crippen molar-refractivity contribution in [2.45, 2.75) is 59.3 Å². The molecule has 3 atom stereocenters. The van der Waals surface area contributed by atoms with Gasteiger partial charge in [-0.05, 0) is 57.0 Å². The van der Waals surface area contributed by atoms with Crippen molar-refractivity contribution in [3.63, 3.8) is 0 Å². The number of hydrogen-bond donors (Lipinski definition) is 2. The Morgan fingerprint density at radius 3 is 2.70 bits per heavy atom. The largest absolute Gasteiger partial charge is 0.357 e. The lowest BCUT2D eigenvalue weighted by Crippen LogP contribution is -2.39. The molecule has 1 heterocycles. The van der Waals surface area contributed by atoms with Crippen molar-refractivity contribution in [2.75, 3.05) is 39.3 Å². The molecule has 0 aromatic carbocycles. The van der Waals surface area contributed by atoms with Crippen molar-refractivity contribution < 1.29 is 0 Å². The predicted molar refractivity (Wildman–Crippen MR) is 99.9 cm³/mol. The summed E-state index contributed by atoms with van der Waals surface area (Å²) in [6.45, 7) is 13.4. The molecule has 4 nitrogen and oxygen atoms in total. The third-order valence-corrected chi connectivity index (χ3v) is 5.56. The fourth-order valence-electron chi connectivity index (χ4n) is 4.13. The van der Waals surface area contributed by atoms with E-state index in [2.05, 4.69) is 36.3 Å². The lowest BCUT2D eigenvalue weighted by molar-refractivity contribution is 0.270. The molecule has 0 amide bonds. The first-order valence-corrected chi connectivity index (χ1v) is 9.95. The van der Waals surface area contributed by atoms with Crippen LogP contribution in [0.1, 0.15) is 59.3 Å². The molecule has 4 heteroatoms. The van der Waals surface area contributed by atoms with Crippen molar-refractivity contribution in [1.29, 1.82) is 0 Å². The molecule has 134 valence electrons. The summed E-state index contributed by atoms with van der Waals surface area (Å²) in [5.41, 5.74) is 0. The second-order valence-electron chi connectivity index (χ2n) is 7.62. The van der Waals surface area contributed by atoms with Gasteiger partial charge in [0, 0.05) is 26.2 Å². The van der Waals surface area contributed by atoms with Gasteiger partial charge in [-0.3, -0.25) is 4.99 Å². The van der Waals surface area contributed by atoms with Crippen LogP contribution in [0.4, 0.5) is 0 Å². The second-order valence-corrected chi connectivity index (χ2v) is 7.62. The Bertz CT molecular complexity index is 355. The number of guanidine groups is 1.